The third kappa shape index (κ3) is 2.85. The zero-order valence-electron chi connectivity index (χ0n) is 7.87. The number of carbonyl (C=O) groups excluding carboxylic acids is 1. The molecule has 76 valence electrons. The lowest BCUT2D eigenvalue weighted by atomic mass is 9.96. The van der Waals surface area contributed by atoms with E-state index in [-0.39, 0.29) is 17.9 Å². The molecule has 0 aliphatic carbocycles. The van der Waals surface area contributed by atoms with Crippen LogP contribution in [0.2, 0.25) is 0 Å². The smallest absolute Gasteiger partial charge is 0.223 e. The lowest BCUT2D eigenvalue weighted by molar-refractivity contribution is -0.134. The van der Waals surface area contributed by atoms with E-state index < -0.39 is 0 Å². The predicted octanol–water partition coefficient (Wildman–Crippen LogP) is 0.845. The molecule has 0 saturated carbocycles. The van der Waals surface area contributed by atoms with Gasteiger partial charge in [0.1, 0.15) is 0 Å². The topological polar surface area (TPSA) is 40.5 Å². The van der Waals surface area contributed by atoms with Crippen molar-refractivity contribution in [1.82, 2.24) is 4.90 Å². The van der Waals surface area contributed by atoms with E-state index in [0.29, 0.717) is 31.8 Å². The van der Waals surface area contributed by atoms with Gasteiger partial charge in [-0.15, -0.1) is 11.6 Å². The number of hydrogen-bond acceptors (Lipinski definition) is 2. The van der Waals surface area contributed by atoms with Crippen LogP contribution >= 0.6 is 11.6 Å². The van der Waals surface area contributed by atoms with Crippen LogP contribution in [0.25, 0.3) is 0 Å². The van der Waals surface area contributed by atoms with Crippen LogP contribution < -0.4 is 0 Å². The molecule has 0 spiro atoms. The van der Waals surface area contributed by atoms with Gasteiger partial charge in [0.15, 0.2) is 0 Å². The first-order valence-electron chi connectivity index (χ1n) is 4.67. The molecule has 0 bridgehead atoms. The van der Waals surface area contributed by atoms with Crippen molar-refractivity contribution in [3.05, 3.63) is 0 Å². The van der Waals surface area contributed by atoms with Crippen LogP contribution in [-0.4, -0.2) is 41.0 Å². The largest absolute Gasteiger partial charge is 0.393 e. The molecule has 4 heteroatoms. The van der Waals surface area contributed by atoms with E-state index in [2.05, 4.69) is 0 Å². The molecule has 0 aromatic heterocycles. The van der Waals surface area contributed by atoms with Gasteiger partial charge >= 0.3 is 0 Å². The summed E-state index contributed by atoms with van der Waals surface area (Å²) in [6.07, 6.45) is 0.847. The van der Waals surface area contributed by atoms with Crippen molar-refractivity contribution in [3.8, 4) is 0 Å². The maximum absolute atomic E-state index is 11.4. The highest BCUT2D eigenvalue weighted by molar-refractivity contribution is 6.18. The van der Waals surface area contributed by atoms with Gasteiger partial charge in [-0.2, -0.15) is 0 Å². The molecule has 0 radical (unpaired) electrons. The Labute approximate surface area is 83.7 Å². The average Bonchev–Trinajstić information content (AvgIpc) is 2.10. The van der Waals surface area contributed by atoms with E-state index in [0.717, 1.165) is 0 Å². The molecule has 1 heterocycles. The minimum absolute atomic E-state index is 0.105. The van der Waals surface area contributed by atoms with Gasteiger partial charge in [0.25, 0.3) is 0 Å². The van der Waals surface area contributed by atoms with Crippen molar-refractivity contribution < 1.29 is 9.90 Å². The predicted molar refractivity (Wildman–Crippen MR) is 51.7 cm³/mol. The van der Waals surface area contributed by atoms with E-state index in [1.165, 1.54) is 0 Å². The average molecular weight is 206 g/mol. The van der Waals surface area contributed by atoms with Gasteiger partial charge in [-0.1, -0.05) is 6.92 Å². The minimum atomic E-state index is -0.250. The van der Waals surface area contributed by atoms with Crippen molar-refractivity contribution in [2.24, 2.45) is 5.92 Å². The van der Waals surface area contributed by atoms with Crippen molar-refractivity contribution >= 4 is 17.5 Å². The molecule has 3 nitrogen and oxygen atoms in total. The quantitative estimate of drug-likeness (QED) is 0.679. The van der Waals surface area contributed by atoms with Gasteiger partial charge in [0, 0.05) is 25.4 Å². The Balaban J connectivity index is 2.40. The van der Waals surface area contributed by atoms with Crippen LogP contribution in [0.5, 0.6) is 0 Å². The molecule has 13 heavy (non-hydrogen) atoms. The zero-order valence-corrected chi connectivity index (χ0v) is 8.63. The fourth-order valence-corrected chi connectivity index (χ4v) is 1.76. The normalized spacial score (nSPS) is 29.0. The number of rotatable bonds is 2. The van der Waals surface area contributed by atoms with E-state index in [9.17, 15) is 9.90 Å². The summed E-state index contributed by atoms with van der Waals surface area (Å²) in [7, 11) is 0. The number of piperidine rings is 1. The molecule has 0 aromatic rings. The molecule has 1 fully saturated rings. The van der Waals surface area contributed by atoms with Crippen LogP contribution in [0, 0.1) is 5.92 Å². The highest BCUT2D eigenvalue weighted by Crippen LogP contribution is 2.17. The molecule has 1 rings (SSSR count). The first-order chi connectivity index (χ1) is 6.15. The van der Waals surface area contributed by atoms with E-state index in [1.54, 1.807) is 4.90 Å². The second-order valence-electron chi connectivity index (χ2n) is 3.61. The summed E-state index contributed by atoms with van der Waals surface area (Å²) in [5.74, 6) is 0.675. The second kappa shape index (κ2) is 4.82. The number of aliphatic hydroxyl groups excluding tert-OH is 1. The van der Waals surface area contributed by atoms with Crippen molar-refractivity contribution in [2.45, 2.75) is 25.9 Å². The van der Waals surface area contributed by atoms with Crippen molar-refractivity contribution in [1.29, 1.82) is 0 Å². The van der Waals surface area contributed by atoms with Gasteiger partial charge in [-0.05, 0) is 12.3 Å². The summed E-state index contributed by atoms with van der Waals surface area (Å²) in [6.45, 7) is 3.29. The van der Waals surface area contributed by atoms with Gasteiger partial charge in [0.05, 0.1) is 6.10 Å². The Morgan fingerprint density at radius 3 is 2.92 bits per heavy atom. The van der Waals surface area contributed by atoms with E-state index in [1.807, 2.05) is 6.92 Å². The summed E-state index contributed by atoms with van der Waals surface area (Å²) < 4.78 is 0. The highest BCUT2D eigenvalue weighted by Gasteiger charge is 2.26. The number of hydrogen-bond donors (Lipinski definition) is 1. The molecule has 1 saturated heterocycles. The van der Waals surface area contributed by atoms with Crippen molar-refractivity contribution in [3.63, 3.8) is 0 Å². The molecule has 0 unspecified atom stereocenters. The molecule has 0 aromatic carbocycles. The Kier molecular flexibility index (Phi) is 4.00. The third-order valence-corrected chi connectivity index (χ3v) is 2.71. The van der Waals surface area contributed by atoms with E-state index >= 15 is 0 Å². The number of aliphatic hydroxyl groups is 1. The standard InChI is InChI=1S/C9H16ClNO2/c1-7-6-11(5-3-8(7)12)9(13)2-4-10/h7-8,12H,2-6H2,1H3/t7-,8-/m0/s1. The summed E-state index contributed by atoms with van der Waals surface area (Å²) in [4.78, 5) is 13.2. The van der Waals surface area contributed by atoms with Crippen LogP contribution in [0.4, 0.5) is 0 Å². The fraction of sp³-hybridized carbons (Fsp3) is 0.889. The maximum Gasteiger partial charge on any atom is 0.223 e. The summed E-state index contributed by atoms with van der Waals surface area (Å²) in [5, 5.41) is 9.44. The molecule has 1 N–H and O–H groups in total. The number of alkyl halides is 1. The van der Waals surface area contributed by atoms with Crippen LogP contribution in [-0.2, 0) is 4.79 Å². The summed E-state index contributed by atoms with van der Waals surface area (Å²) in [6, 6.07) is 0. The molecular weight excluding hydrogens is 190 g/mol. The lowest BCUT2D eigenvalue weighted by Gasteiger charge is -2.34. The summed E-state index contributed by atoms with van der Waals surface area (Å²) >= 11 is 5.48. The lowest BCUT2D eigenvalue weighted by Crippen LogP contribution is -2.45. The van der Waals surface area contributed by atoms with Gasteiger partial charge in [0.2, 0.25) is 5.91 Å². The van der Waals surface area contributed by atoms with Crippen LogP contribution in [0.3, 0.4) is 0 Å². The highest BCUT2D eigenvalue weighted by atomic mass is 35.5. The number of nitrogens with zero attached hydrogens (tertiary/aromatic N) is 1. The SMILES string of the molecule is C[C@H]1CN(C(=O)CCCl)CC[C@@H]1O. The van der Waals surface area contributed by atoms with Crippen LogP contribution in [0.15, 0.2) is 0 Å². The van der Waals surface area contributed by atoms with Crippen molar-refractivity contribution in [2.75, 3.05) is 19.0 Å². The monoisotopic (exact) mass is 205 g/mol. The molecular formula is C9H16ClNO2. The maximum atomic E-state index is 11.4. The van der Waals surface area contributed by atoms with Crippen LogP contribution in [0.1, 0.15) is 19.8 Å². The minimum Gasteiger partial charge on any atom is -0.393 e. The van der Waals surface area contributed by atoms with Gasteiger partial charge in [-0.25, -0.2) is 0 Å². The molecule has 1 aliphatic heterocycles. The number of likely N-dealkylation sites (tertiary alicyclic amines) is 1. The first-order valence-corrected chi connectivity index (χ1v) is 5.20. The second-order valence-corrected chi connectivity index (χ2v) is 3.99. The Hall–Kier alpha value is -0.280. The summed E-state index contributed by atoms with van der Waals surface area (Å²) in [5.41, 5.74) is 0. The molecule has 2 atom stereocenters. The Morgan fingerprint density at radius 1 is 1.69 bits per heavy atom. The number of halogens is 1. The molecule has 1 aliphatic rings. The third-order valence-electron chi connectivity index (χ3n) is 2.52. The number of carbonyl (C=O) groups is 1. The first kappa shape index (κ1) is 10.8. The van der Waals surface area contributed by atoms with E-state index in [4.69, 9.17) is 11.6 Å². The molecule has 1 amide bonds. The number of amides is 1. The fourth-order valence-electron chi connectivity index (χ4n) is 1.60. The Morgan fingerprint density at radius 2 is 2.38 bits per heavy atom. The van der Waals surface area contributed by atoms with Gasteiger partial charge in [-0.3, -0.25) is 4.79 Å². The zero-order chi connectivity index (χ0) is 9.84. The van der Waals surface area contributed by atoms with Gasteiger partial charge < -0.3 is 10.0 Å². The Bertz CT molecular complexity index is 186.